The summed E-state index contributed by atoms with van der Waals surface area (Å²) in [6.07, 6.45) is 4.98. The summed E-state index contributed by atoms with van der Waals surface area (Å²) in [7, 11) is 0. The Morgan fingerprint density at radius 1 is 1.38 bits per heavy atom. The molecular formula is C12H16Cl2N2. The largest absolute Gasteiger partial charge is 0.271 e. The van der Waals surface area contributed by atoms with Gasteiger partial charge in [-0.15, -0.1) is 0 Å². The number of hydrazine groups is 1. The van der Waals surface area contributed by atoms with Gasteiger partial charge in [0, 0.05) is 16.1 Å². The third kappa shape index (κ3) is 3.11. The molecule has 1 saturated carbocycles. The van der Waals surface area contributed by atoms with Crippen molar-refractivity contribution in [3.05, 3.63) is 33.8 Å². The van der Waals surface area contributed by atoms with Crippen LogP contribution in [0.25, 0.3) is 0 Å². The van der Waals surface area contributed by atoms with Gasteiger partial charge in [0.05, 0.1) is 0 Å². The van der Waals surface area contributed by atoms with Crippen molar-refractivity contribution in [3.8, 4) is 0 Å². The minimum Gasteiger partial charge on any atom is -0.271 e. The van der Waals surface area contributed by atoms with Crippen LogP contribution in [-0.4, -0.2) is 0 Å². The van der Waals surface area contributed by atoms with E-state index in [2.05, 4.69) is 5.43 Å². The topological polar surface area (TPSA) is 38.0 Å². The van der Waals surface area contributed by atoms with Crippen molar-refractivity contribution in [2.45, 2.75) is 31.7 Å². The lowest BCUT2D eigenvalue weighted by Gasteiger charge is -2.17. The fourth-order valence-corrected chi connectivity index (χ4v) is 2.46. The van der Waals surface area contributed by atoms with Crippen molar-refractivity contribution >= 4 is 23.2 Å². The van der Waals surface area contributed by atoms with Crippen molar-refractivity contribution in [1.82, 2.24) is 5.43 Å². The van der Waals surface area contributed by atoms with E-state index in [1.54, 1.807) is 6.07 Å². The van der Waals surface area contributed by atoms with Crippen molar-refractivity contribution in [2.75, 3.05) is 0 Å². The van der Waals surface area contributed by atoms with Crippen molar-refractivity contribution in [1.29, 1.82) is 0 Å². The first-order valence-electron chi connectivity index (χ1n) is 5.62. The summed E-state index contributed by atoms with van der Waals surface area (Å²) in [6.45, 7) is 0. The van der Waals surface area contributed by atoms with Crippen molar-refractivity contribution in [2.24, 2.45) is 11.8 Å². The molecule has 0 spiro atoms. The molecule has 1 aromatic rings. The lowest BCUT2D eigenvalue weighted by molar-refractivity contribution is 0.482. The lowest BCUT2D eigenvalue weighted by Crippen LogP contribution is -2.28. The highest BCUT2D eigenvalue weighted by molar-refractivity contribution is 6.35. The third-order valence-corrected chi connectivity index (χ3v) is 3.66. The van der Waals surface area contributed by atoms with Crippen LogP contribution in [-0.2, 0) is 0 Å². The summed E-state index contributed by atoms with van der Waals surface area (Å²) in [5.74, 6) is 6.48. The van der Waals surface area contributed by atoms with E-state index in [1.807, 2.05) is 12.1 Å². The first-order valence-corrected chi connectivity index (χ1v) is 6.37. The number of nitrogens with one attached hydrogen (secondary N) is 1. The Morgan fingerprint density at radius 2 is 2.12 bits per heavy atom. The lowest BCUT2D eigenvalue weighted by atomic mass is 10.0. The highest BCUT2D eigenvalue weighted by atomic mass is 35.5. The second-order valence-electron chi connectivity index (χ2n) is 4.41. The van der Waals surface area contributed by atoms with Gasteiger partial charge in [0.15, 0.2) is 0 Å². The smallest absolute Gasteiger partial charge is 0.0474 e. The van der Waals surface area contributed by atoms with E-state index >= 15 is 0 Å². The maximum absolute atomic E-state index is 6.15. The molecule has 16 heavy (non-hydrogen) atoms. The van der Waals surface area contributed by atoms with Gasteiger partial charge in [0.25, 0.3) is 0 Å². The number of halogens is 2. The van der Waals surface area contributed by atoms with E-state index < -0.39 is 0 Å². The summed E-state index contributed by atoms with van der Waals surface area (Å²) < 4.78 is 0. The molecule has 88 valence electrons. The second-order valence-corrected chi connectivity index (χ2v) is 5.25. The zero-order chi connectivity index (χ0) is 11.5. The number of benzene rings is 1. The molecule has 1 aliphatic rings. The Morgan fingerprint density at radius 3 is 2.69 bits per heavy atom. The molecule has 0 bridgehead atoms. The van der Waals surface area contributed by atoms with Crippen LogP contribution >= 0.6 is 23.2 Å². The average Bonchev–Trinajstić information content (AvgIpc) is 3.05. The van der Waals surface area contributed by atoms with Crippen molar-refractivity contribution in [3.63, 3.8) is 0 Å². The molecule has 0 radical (unpaired) electrons. The number of rotatable bonds is 5. The first kappa shape index (κ1) is 12.2. The van der Waals surface area contributed by atoms with Crippen molar-refractivity contribution < 1.29 is 0 Å². The Kier molecular flexibility index (Phi) is 4.09. The molecule has 2 nitrogen and oxygen atoms in total. The van der Waals surface area contributed by atoms with E-state index in [1.165, 1.54) is 19.3 Å². The van der Waals surface area contributed by atoms with Gasteiger partial charge in [-0.1, -0.05) is 42.1 Å². The van der Waals surface area contributed by atoms with Gasteiger partial charge in [0.1, 0.15) is 0 Å². The molecule has 1 fully saturated rings. The monoisotopic (exact) mass is 258 g/mol. The highest BCUT2D eigenvalue weighted by Crippen LogP contribution is 2.37. The summed E-state index contributed by atoms with van der Waals surface area (Å²) in [5, 5.41) is 1.35. The molecule has 1 unspecified atom stereocenters. The highest BCUT2D eigenvalue weighted by Gasteiger charge is 2.23. The van der Waals surface area contributed by atoms with E-state index in [0.29, 0.717) is 10.0 Å². The van der Waals surface area contributed by atoms with Gasteiger partial charge in [-0.3, -0.25) is 11.3 Å². The summed E-state index contributed by atoms with van der Waals surface area (Å²) >= 11 is 12.0. The van der Waals surface area contributed by atoms with Crippen LogP contribution in [0.4, 0.5) is 0 Å². The zero-order valence-electron chi connectivity index (χ0n) is 9.05. The van der Waals surface area contributed by atoms with Gasteiger partial charge >= 0.3 is 0 Å². The number of hydrogen-bond donors (Lipinski definition) is 2. The molecule has 0 aromatic heterocycles. The van der Waals surface area contributed by atoms with Crippen LogP contribution in [0.15, 0.2) is 18.2 Å². The molecule has 2 rings (SSSR count). The molecule has 0 amide bonds. The predicted octanol–water partition coefficient (Wildman–Crippen LogP) is 3.69. The number of nitrogens with two attached hydrogens (primary N) is 1. The summed E-state index contributed by atoms with van der Waals surface area (Å²) in [5.41, 5.74) is 3.87. The average molecular weight is 259 g/mol. The summed E-state index contributed by atoms with van der Waals surface area (Å²) in [6, 6.07) is 5.69. The van der Waals surface area contributed by atoms with Gasteiger partial charge < -0.3 is 0 Å². The molecule has 0 saturated heterocycles. The Hall–Kier alpha value is -0.280. The quantitative estimate of drug-likeness (QED) is 0.625. The maximum atomic E-state index is 6.15. The Balaban J connectivity index is 2.05. The molecule has 0 heterocycles. The normalized spacial score (nSPS) is 17.4. The molecule has 3 N–H and O–H groups in total. The SMILES string of the molecule is NNC(CCC1CC1)c1ccc(Cl)cc1Cl. The maximum Gasteiger partial charge on any atom is 0.0474 e. The van der Waals surface area contributed by atoms with Crippen LogP contribution in [0.2, 0.25) is 10.0 Å². The Labute approximate surface area is 106 Å². The fraction of sp³-hybridized carbons (Fsp3) is 0.500. The molecular weight excluding hydrogens is 243 g/mol. The Bertz CT molecular complexity index is 364. The minimum atomic E-state index is 0.130. The van der Waals surface area contributed by atoms with Crippen LogP contribution in [0, 0.1) is 5.92 Å². The van der Waals surface area contributed by atoms with E-state index in [9.17, 15) is 0 Å². The molecule has 1 aromatic carbocycles. The number of hydrogen-bond acceptors (Lipinski definition) is 2. The minimum absolute atomic E-state index is 0.130. The first-order chi connectivity index (χ1) is 7.70. The second kappa shape index (κ2) is 5.37. The standard InChI is InChI=1S/C12H16Cl2N2/c13-9-4-5-10(11(14)7-9)12(16-15)6-3-8-1-2-8/h4-5,7-8,12,16H,1-3,6,15H2. The third-order valence-electron chi connectivity index (χ3n) is 3.10. The van der Waals surface area contributed by atoms with Gasteiger partial charge in [-0.25, -0.2) is 0 Å². The fourth-order valence-electron chi connectivity index (χ4n) is 1.92. The van der Waals surface area contributed by atoms with Gasteiger partial charge in [-0.05, 0) is 36.5 Å². The predicted molar refractivity (Wildman–Crippen MR) is 68.5 cm³/mol. The van der Waals surface area contributed by atoms with Crippen LogP contribution < -0.4 is 11.3 Å². The van der Waals surface area contributed by atoms with E-state index in [0.717, 1.165) is 17.9 Å². The zero-order valence-corrected chi connectivity index (χ0v) is 10.6. The van der Waals surface area contributed by atoms with Crippen LogP contribution in [0.3, 0.4) is 0 Å². The van der Waals surface area contributed by atoms with Gasteiger partial charge in [0.2, 0.25) is 0 Å². The van der Waals surface area contributed by atoms with Crippen LogP contribution in [0.1, 0.15) is 37.3 Å². The molecule has 0 aliphatic heterocycles. The summed E-state index contributed by atoms with van der Waals surface area (Å²) in [4.78, 5) is 0. The molecule has 1 aliphatic carbocycles. The van der Waals surface area contributed by atoms with E-state index in [4.69, 9.17) is 29.0 Å². The molecule has 1 atom stereocenters. The van der Waals surface area contributed by atoms with Gasteiger partial charge in [-0.2, -0.15) is 0 Å². The van der Waals surface area contributed by atoms with E-state index in [-0.39, 0.29) is 6.04 Å². The van der Waals surface area contributed by atoms with Crippen LogP contribution in [0.5, 0.6) is 0 Å². The molecule has 4 heteroatoms.